The Morgan fingerprint density at radius 3 is 3.05 bits per heavy atom. The molecule has 0 saturated heterocycles. The summed E-state index contributed by atoms with van der Waals surface area (Å²) >= 11 is 0. The summed E-state index contributed by atoms with van der Waals surface area (Å²) in [5.74, 6) is 1.27. The fourth-order valence-corrected chi connectivity index (χ4v) is 2.55. The number of pyridine rings is 1. The second-order valence-electron chi connectivity index (χ2n) is 5.14. The lowest BCUT2D eigenvalue weighted by Gasteiger charge is -2.11. The smallest absolute Gasteiger partial charge is 0.119 e. The van der Waals surface area contributed by atoms with Crippen molar-refractivity contribution in [3.8, 4) is 5.75 Å². The summed E-state index contributed by atoms with van der Waals surface area (Å²) in [6.07, 6.45) is 6.76. The number of benzene rings is 1. The highest BCUT2D eigenvalue weighted by molar-refractivity contribution is 5.81. The average Bonchev–Trinajstić information content (AvgIpc) is 2.95. The number of hydrogen-bond acceptors (Lipinski definition) is 4. The molecule has 1 aliphatic heterocycles. The van der Waals surface area contributed by atoms with Gasteiger partial charge in [-0.05, 0) is 48.4 Å². The van der Waals surface area contributed by atoms with Crippen molar-refractivity contribution < 1.29 is 4.74 Å². The second-order valence-corrected chi connectivity index (χ2v) is 5.14. The van der Waals surface area contributed by atoms with Crippen LogP contribution in [0.4, 0.5) is 5.69 Å². The van der Waals surface area contributed by atoms with Crippen molar-refractivity contribution >= 4 is 11.9 Å². The number of rotatable bonds is 6. The Morgan fingerprint density at radius 2 is 2.24 bits per heavy atom. The molecule has 2 aromatic rings. The first-order valence-electron chi connectivity index (χ1n) is 7.18. The average molecular weight is 281 g/mol. The minimum absolute atomic E-state index is 0.372. The number of nitrogens with zero attached hydrogens (tertiary/aromatic N) is 2. The third-order valence-corrected chi connectivity index (χ3v) is 3.71. The lowest BCUT2D eigenvalue weighted by molar-refractivity contribution is 0.414. The lowest BCUT2D eigenvalue weighted by atomic mass is 9.97. The summed E-state index contributed by atoms with van der Waals surface area (Å²) < 4.78 is 5.29. The van der Waals surface area contributed by atoms with E-state index in [1.807, 2.05) is 30.6 Å². The number of ether oxygens (including phenoxy) is 1. The molecule has 3 rings (SSSR count). The normalized spacial score (nSPS) is 16.0. The molecule has 1 atom stereocenters. The van der Waals surface area contributed by atoms with E-state index < -0.39 is 0 Å². The van der Waals surface area contributed by atoms with E-state index in [1.54, 1.807) is 13.3 Å². The van der Waals surface area contributed by atoms with Crippen LogP contribution in [0.2, 0.25) is 0 Å². The van der Waals surface area contributed by atoms with Crippen LogP contribution in [0.5, 0.6) is 5.75 Å². The third-order valence-electron chi connectivity index (χ3n) is 3.71. The predicted octanol–water partition coefficient (Wildman–Crippen LogP) is 3.07. The summed E-state index contributed by atoms with van der Waals surface area (Å²) in [5, 5.41) is 3.46. The van der Waals surface area contributed by atoms with Crippen molar-refractivity contribution in [2.24, 2.45) is 4.99 Å². The molecule has 0 radical (unpaired) electrons. The lowest BCUT2D eigenvalue weighted by Crippen LogP contribution is -2.17. The Bertz CT molecular complexity index is 625. The molecule has 0 fully saturated rings. The van der Waals surface area contributed by atoms with Gasteiger partial charge >= 0.3 is 0 Å². The molecule has 1 aromatic heterocycles. The first-order chi connectivity index (χ1) is 10.4. The highest BCUT2D eigenvalue weighted by atomic mass is 16.5. The number of fused-ring (bicyclic) bond motifs is 1. The van der Waals surface area contributed by atoms with Crippen LogP contribution < -0.4 is 10.1 Å². The SMILES string of the molecule is COc1ccc2c(c1)C(CCNCc1cccnc1)C=N2. The van der Waals surface area contributed by atoms with Gasteiger partial charge in [0, 0.05) is 31.1 Å². The van der Waals surface area contributed by atoms with E-state index in [9.17, 15) is 0 Å². The van der Waals surface area contributed by atoms with Crippen LogP contribution >= 0.6 is 0 Å². The zero-order valence-corrected chi connectivity index (χ0v) is 12.1. The molecule has 1 aromatic carbocycles. The maximum absolute atomic E-state index is 5.29. The molecule has 1 unspecified atom stereocenters. The second kappa shape index (κ2) is 6.50. The molecular formula is C17H19N3O. The van der Waals surface area contributed by atoms with Gasteiger partial charge in [0.1, 0.15) is 5.75 Å². The largest absolute Gasteiger partial charge is 0.497 e. The van der Waals surface area contributed by atoms with Gasteiger partial charge in [-0.25, -0.2) is 0 Å². The van der Waals surface area contributed by atoms with Gasteiger partial charge in [0.2, 0.25) is 0 Å². The maximum atomic E-state index is 5.29. The Hall–Kier alpha value is -2.20. The van der Waals surface area contributed by atoms with Crippen LogP contribution in [0.3, 0.4) is 0 Å². The summed E-state index contributed by atoms with van der Waals surface area (Å²) in [5.41, 5.74) is 3.53. The number of hydrogen-bond donors (Lipinski definition) is 1. The van der Waals surface area contributed by atoms with Gasteiger partial charge in [-0.3, -0.25) is 9.98 Å². The van der Waals surface area contributed by atoms with Crippen LogP contribution in [0.25, 0.3) is 0 Å². The minimum atomic E-state index is 0.372. The van der Waals surface area contributed by atoms with Crippen molar-refractivity contribution in [1.29, 1.82) is 0 Å². The summed E-state index contributed by atoms with van der Waals surface area (Å²) in [7, 11) is 1.70. The van der Waals surface area contributed by atoms with Gasteiger partial charge < -0.3 is 10.1 Å². The molecule has 0 amide bonds. The summed E-state index contributed by atoms with van der Waals surface area (Å²) in [4.78, 5) is 8.59. The fraction of sp³-hybridized carbons (Fsp3) is 0.294. The van der Waals surface area contributed by atoms with Crippen LogP contribution in [-0.4, -0.2) is 24.9 Å². The topological polar surface area (TPSA) is 46.5 Å². The molecular weight excluding hydrogens is 262 g/mol. The number of aromatic nitrogens is 1. The molecule has 4 nitrogen and oxygen atoms in total. The van der Waals surface area contributed by atoms with Crippen LogP contribution in [0.1, 0.15) is 23.5 Å². The first kappa shape index (κ1) is 13.8. The van der Waals surface area contributed by atoms with E-state index in [4.69, 9.17) is 4.74 Å². The predicted molar refractivity (Wildman–Crippen MR) is 84.4 cm³/mol. The van der Waals surface area contributed by atoms with E-state index in [-0.39, 0.29) is 0 Å². The highest BCUT2D eigenvalue weighted by Gasteiger charge is 2.19. The molecule has 21 heavy (non-hydrogen) atoms. The van der Waals surface area contributed by atoms with Gasteiger partial charge in [0.15, 0.2) is 0 Å². The van der Waals surface area contributed by atoms with Crippen molar-refractivity contribution in [3.05, 3.63) is 53.9 Å². The summed E-state index contributed by atoms with van der Waals surface area (Å²) in [6.45, 7) is 1.80. The van der Waals surface area contributed by atoms with E-state index in [2.05, 4.69) is 27.4 Å². The van der Waals surface area contributed by atoms with Gasteiger partial charge in [-0.15, -0.1) is 0 Å². The first-order valence-corrected chi connectivity index (χ1v) is 7.18. The Balaban J connectivity index is 1.53. The Kier molecular flexibility index (Phi) is 4.26. The third kappa shape index (κ3) is 3.28. The zero-order valence-electron chi connectivity index (χ0n) is 12.1. The van der Waals surface area contributed by atoms with Gasteiger partial charge in [0.25, 0.3) is 0 Å². The van der Waals surface area contributed by atoms with Gasteiger partial charge in [-0.1, -0.05) is 6.07 Å². The number of nitrogens with one attached hydrogen (secondary N) is 1. The van der Waals surface area contributed by atoms with Crippen molar-refractivity contribution in [2.45, 2.75) is 18.9 Å². The standard InChI is InChI=1S/C17H19N3O/c1-21-15-4-5-17-16(9-15)14(12-20-17)6-8-19-11-13-3-2-7-18-10-13/h2-5,7,9-10,12,14,19H,6,8,11H2,1H3. The van der Waals surface area contributed by atoms with Gasteiger partial charge in [0.05, 0.1) is 12.8 Å². The number of aliphatic imine (C=N–C) groups is 1. The van der Waals surface area contributed by atoms with E-state index in [1.165, 1.54) is 11.1 Å². The Morgan fingerprint density at radius 1 is 1.29 bits per heavy atom. The number of methoxy groups -OCH3 is 1. The monoisotopic (exact) mass is 281 g/mol. The van der Waals surface area contributed by atoms with E-state index >= 15 is 0 Å². The molecule has 0 saturated carbocycles. The summed E-state index contributed by atoms with van der Waals surface area (Å²) in [6, 6.07) is 10.1. The molecule has 2 heterocycles. The van der Waals surface area contributed by atoms with Crippen LogP contribution in [0, 0.1) is 0 Å². The quantitative estimate of drug-likeness (QED) is 0.828. The van der Waals surface area contributed by atoms with Crippen LogP contribution in [0.15, 0.2) is 47.7 Å². The van der Waals surface area contributed by atoms with Crippen LogP contribution in [-0.2, 0) is 6.54 Å². The molecule has 0 bridgehead atoms. The maximum Gasteiger partial charge on any atom is 0.119 e. The highest BCUT2D eigenvalue weighted by Crippen LogP contribution is 2.36. The zero-order chi connectivity index (χ0) is 14.5. The molecule has 0 spiro atoms. The molecule has 1 N–H and O–H groups in total. The fourth-order valence-electron chi connectivity index (χ4n) is 2.55. The van der Waals surface area contributed by atoms with Crippen molar-refractivity contribution in [1.82, 2.24) is 10.3 Å². The van der Waals surface area contributed by atoms with Crippen molar-refractivity contribution in [3.63, 3.8) is 0 Å². The molecule has 4 heteroatoms. The Labute approximate surface area is 124 Å². The molecule has 0 aliphatic carbocycles. The molecule has 108 valence electrons. The van der Waals surface area contributed by atoms with E-state index in [0.29, 0.717) is 5.92 Å². The minimum Gasteiger partial charge on any atom is -0.497 e. The van der Waals surface area contributed by atoms with Gasteiger partial charge in [-0.2, -0.15) is 0 Å². The van der Waals surface area contributed by atoms with E-state index in [0.717, 1.165) is 30.9 Å². The van der Waals surface area contributed by atoms with Crippen molar-refractivity contribution in [2.75, 3.05) is 13.7 Å². The molecule has 1 aliphatic rings.